The number of nitrogens with zero attached hydrogens (tertiary/aromatic N) is 5. The van der Waals surface area contributed by atoms with Gasteiger partial charge in [-0.15, -0.1) is 0 Å². The lowest BCUT2D eigenvalue weighted by Crippen LogP contribution is -2.24. The van der Waals surface area contributed by atoms with Gasteiger partial charge >= 0.3 is 6.18 Å². The van der Waals surface area contributed by atoms with E-state index in [2.05, 4.69) is 25.7 Å². The van der Waals surface area contributed by atoms with Crippen molar-refractivity contribution in [3.8, 4) is 11.5 Å². The molecule has 3 heterocycles. The third-order valence-corrected chi connectivity index (χ3v) is 6.68. The van der Waals surface area contributed by atoms with Gasteiger partial charge in [-0.3, -0.25) is 9.48 Å². The second-order valence-corrected chi connectivity index (χ2v) is 9.70. The number of aromatic nitrogens is 5. The first-order chi connectivity index (χ1) is 18.5. The number of rotatable bonds is 7. The first kappa shape index (κ1) is 26.5. The van der Waals surface area contributed by atoms with Crippen LogP contribution in [0.2, 0.25) is 0 Å². The zero-order valence-electron chi connectivity index (χ0n) is 21.4. The number of hydrogen-bond donors (Lipinski definition) is 3. The summed E-state index contributed by atoms with van der Waals surface area (Å²) < 4.78 is 50.0. The van der Waals surface area contributed by atoms with Crippen molar-refractivity contribution < 1.29 is 27.8 Å². The Kier molecular flexibility index (Phi) is 7.17. The highest BCUT2D eigenvalue weighted by atomic mass is 19.4. The van der Waals surface area contributed by atoms with Crippen LogP contribution in [0.5, 0.6) is 11.5 Å². The molecule has 206 valence electrons. The predicted molar refractivity (Wildman–Crippen MR) is 138 cm³/mol. The maximum atomic E-state index is 13.8. The molecule has 0 spiro atoms. The highest BCUT2D eigenvalue weighted by Crippen LogP contribution is 2.35. The largest absolute Gasteiger partial charge is 0.457 e. The van der Waals surface area contributed by atoms with Gasteiger partial charge in [0.05, 0.1) is 17.1 Å². The molecular weight excluding hydrogens is 515 g/mol. The zero-order valence-corrected chi connectivity index (χ0v) is 21.4. The Morgan fingerprint density at radius 2 is 1.85 bits per heavy atom. The standard InChI is InChI=1S/C26H28F3N7O3/c1-15(37)31-23-12-19(9-10-30-23)39-18-7-8-20-21(11-18)35(2)25(32-20)33-24-13-22(26(27,28)29)36(34-24)14-16-3-5-17(38)6-4-16/h7-13,16-17,38H,3-6,14H2,1-2H3,(H,30,31,37)(H,32,33,34)/t16-,17-. The summed E-state index contributed by atoms with van der Waals surface area (Å²) in [5, 5.41) is 19.4. The molecule has 0 radical (unpaired) electrons. The molecular formula is C26H28F3N7O3. The first-order valence-electron chi connectivity index (χ1n) is 12.5. The third kappa shape index (κ3) is 6.14. The molecule has 0 atom stereocenters. The molecule has 0 saturated heterocycles. The van der Waals surface area contributed by atoms with E-state index in [1.54, 1.807) is 41.9 Å². The molecule has 0 unspecified atom stereocenters. The first-order valence-corrected chi connectivity index (χ1v) is 12.5. The molecule has 1 fully saturated rings. The topological polar surface area (TPSA) is 119 Å². The molecule has 39 heavy (non-hydrogen) atoms. The highest BCUT2D eigenvalue weighted by molar-refractivity contribution is 5.87. The number of nitrogens with one attached hydrogen (secondary N) is 2. The van der Waals surface area contributed by atoms with Gasteiger partial charge in [-0.1, -0.05) is 0 Å². The third-order valence-electron chi connectivity index (χ3n) is 6.68. The van der Waals surface area contributed by atoms with Gasteiger partial charge in [0.1, 0.15) is 23.0 Å². The minimum atomic E-state index is -4.56. The van der Waals surface area contributed by atoms with Crippen molar-refractivity contribution in [1.29, 1.82) is 0 Å². The van der Waals surface area contributed by atoms with Crippen LogP contribution < -0.4 is 15.4 Å². The van der Waals surface area contributed by atoms with Gasteiger partial charge < -0.3 is 25.0 Å². The maximum absolute atomic E-state index is 13.8. The van der Waals surface area contributed by atoms with E-state index in [1.807, 2.05) is 0 Å². The van der Waals surface area contributed by atoms with Crippen molar-refractivity contribution in [1.82, 2.24) is 24.3 Å². The molecule has 0 bridgehead atoms. The van der Waals surface area contributed by atoms with Crippen LogP contribution in [0, 0.1) is 5.92 Å². The van der Waals surface area contributed by atoms with E-state index in [0.29, 0.717) is 60.0 Å². The summed E-state index contributed by atoms with van der Waals surface area (Å²) >= 11 is 0. The number of hydrogen-bond acceptors (Lipinski definition) is 7. The van der Waals surface area contributed by atoms with E-state index in [-0.39, 0.29) is 30.3 Å². The summed E-state index contributed by atoms with van der Waals surface area (Å²) in [6.45, 7) is 1.51. The molecule has 3 N–H and O–H groups in total. The Morgan fingerprint density at radius 1 is 1.10 bits per heavy atom. The van der Waals surface area contributed by atoms with E-state index in [4.69, 9.17) is 4.74 Å². The van der Waals surface area contributed by atoms with Crippen molar-refractivity contribution in [2.45, 2.75) is 51.4 Å². The number of amides is 1. The second-order valence-electron chi connectivity index (χ2n) is 9.70. The summed E-state index contributed by atoms with van der Waals surface area (Å²) in [4.78, 5) is 19.9. The lowest BCUT2D eigenvalue weighted by atomic mass is 9.87. The summed E-state index contributed by atoms with van der Waals surface area (Å²) in [7, 11) is 1.73. The van der Waals surface area contributed by atoms with E-state index in [9.17, 15) is 23.1 Å². The minimum absolute atomic E-state index is 0.0196. The molecule has 1 aliphatic rings. The van der Waals surface area contributed by atoms with Crippen molar-refractivity contribution in [2.75, 3.05) is 10.6 Å². The van der Waals surface area contributed by atoms with E-state index in [0.717, 1.165) is 10.7 Å². The summed E-state index contributed by atoms with van der Waals surface area (Å²) in [5.74, 6) is 1.44. The van der Waals surface area contributed by atoms with Crippen LogP contribution in [0.3, 0.4) is 0 Å². The Balaban J connectivity index is 1.36. The fourth-order valence-corrected chi connectivity index (χ4v) is 4.74. The second kappa shape index (κ2) is 10.6. The molecule has 13 heteroatoms. The van der Waals surface area contributed by atoms with Gasteiger partial charge in [0.15, 0.2) is 5.82 Å². The Morgan fingerprint density at radius 3 is 2.56 bits per heavy atom. The van der Waals surface area contributed by atoms with Crippen LogP contribution in [0.4, 0.5) is 30.8 Å². The van der Waals surface area contributed by atoms with Gasteiger partial charge in [-0.2, -0.15) is 18.3 Å². The molecule has 5 rings (SSSR count). The molecule has 0 aliphatic heterocycles. The lowest BCUT2D eigenvalue weighted by molar-refractivity contribution is -0.144. The summed E-state index contributed by atoms with van der Waals surface area (Å²) in [6.07, 6.45) is -0.950. The highest BCUT2D eigenvalue weighted by Gasteiger charge is 2.37. The summed E-state index contributed by atoms with van der Waals surface area (Å²) in [5.41, 5.74) is 0.459. The lowest BCUT2D eigenvalue weighted by Gasteiger charge is -2.25. The average Bonchev–Trinajstić information content (AvgIpc) is 3.41. The molecule has 1 saturated carbocycles. The number of imidazole rings is 1. The fourth-order valence-electron chi connectivity index (χ4n) is 4.74. The van der Waals surface area contributed by atoms with E-state index in [1.165, 1.54) is 13.1 Å². The molecule has 10 nitrogen and oxygen atoms in total. The van der Waals surface area contributed by atoms with Crippen LogP contribution in [0.15, 0.2) is 42.6 Å². The molecule has 1 aliphatic carbocycles. The molecule has 1 amide bonds. The number of halogens is 3. The number of benzene rings is 1. The average molecular weight is 544 g/mol. The number of fused-ring (bicyclic) bond motifs is 1. The van der Waals surface area contributed by atoms with Crippen molar-refractivity contribution in [2.24, 2.45) is 13.0 Å². The number of aliphatic hydroxyl groups excluding tert-OH is 1. The van der Waals surface area contributed by atoms with Crippen LogP contribution in [0.1, 0.15) is 38.3 Å². The number of carbonyl (C=O) groups excluding carboxylic acids is 1. The van der Waals surface area contributed by atoms with Gasteiger partial charge in [-0.25, -0.2) is 9.97 Å². The minimum Gasteiger partial charge on any atom is -0.457 e. The van der Waals surface area contributed by atoms with Crippen molar-refractivity contribution >= 4 is 34.5 Å². The van der Waals surface area contributed by atoms with Crippen LogP contribution in [0.25, 0.3) is 11.0 Å². The Hall–Kier alpha value is -4.13. The SMILES string of the molecule is CC(=O)Nc1cc(Oc2ccc3nc(Nc4cc(C(F)(F)F)n(C[C@H]5CC[C@H](O)CC5)n4)n(C)c3c2)ccn1. The predicted octanol–water partition coefficient (Wildman–Crippen LogP) is 5.23. The summed E-state index contributed by atoms with van der Waals surface area (Å²) in [6, 6.07) is 9.44. The normalized spacial score (nSPS) is 17.8. The van der Waals surface area contributed by atoms with Crippen LogP contribution in [-0.2, 0) is 24.6 Å². The van der Waals surface area contributed by atoms with Crippen LogP contribution >= 0.6 is 0 Å². The zero-order chi connectivity index (χ0) is 27.7. The Bertz CT molecular complexity index is 1490. The Labute approximate surface area is 221 Å². The van der Waals surface area contributed by atoms with E-state index < -0.39 is 11.9 Å². The monoisotopic (exact) mass is 543 g/mol. The number of aryl methyl sites for hydroxylation is 1. The smallest absolute Gasteiger partial charge is 0.433 e. The fraction of sp³-hybridized carbons (Fsp3) is 0.385. The van der Waals surface area contributed by atoms with Gasteiger partial charge in [0.2, 0.25) is 11.9 Å². The number of anilines is 3. The molecule has 4 aromatic rings. The quantitative estimate of drug-likeness (QED) is 0.292. The molecule has 1 aromatic carbocycles. The number of pyridine rings is 1. The number of ether oxygens (including phenoxy) is 1. The maximum Gasteiger partial charge on any atom is 0.433 e. The van der Waals surface area contributed by atoms with Gasteiger partial charge in [0.25, 0.3) is 0 Å². The van der Waals surface area contributed by atoms with Gasteiger partial charge in [-0.05, 0) is 49.8 Å². The van der Waals surface area contributed by atoms with Crippen molar-refractivity contribution in [3.05, 3.63) is 48.3 Å². The van der Waals surface area contributed by atoms with Crippen molar-refractivity contribution in [3.63, 3.8) is 0 Å². The van der Waals surface area contributed by atoms with Gasteiger partial charge in [0, 0.05) is 44.9 Å². The molecule has 3 aromatic heterocycles. The van der Waals surface area contributed by atoms with E-state index >= 15 is 0 Å². The number of carbonyl (C=O) groups is 1. The number of aliphatic hydroxyl groups is 1. The van der Waals surface area contributed by atoms with Crippen LogP contribution in [-0.4, -0.2) is 41.4 Å². The number of alkyl halides is 3.